The minimum absolute atomic E-state index is 0.0625. The van der Waals surface area contributed by atoms with Gasteiger partial charge in [0.15, 0.2) is 0 Å². The molecule has 0 aliphatic carbocycles. The number of aliphatic hydroxyl groups is 1. The van der Waals surface area contributed by atoms with E-state index in [1.54, 1.807) is 6.20 Å². The number of aryl methyl sites for hydroxylation is 1. The molecule has 6 nitrogen and oxygen atoms in total. The second-order valence-corrected chi connectivity index (χ2v) is 9.97. The van der Waals surface area contributed by atoms with Crippen molar-refractivity contribution in [1.29, 1.82) is 5.26 Å². The highest BCUT2D eigenvalue weighted by Gasteiger charge is 2.25. The van der Waals surface area contributed by atoms with Crippen LogP contribution in [0, 0.1) is 18.3 Å². The maximum atomic E-state index is 9.65. The van der Waals surface area contributed by atoms with Gasteiger partial charge in [0.2, 0.25) is 0 Å². The van der Waals surface area contributed by atoms with E-state index in [1.807, 2.05) is 32.0 Å². The lowest BCUT2D eigenvalue weighted by atomic mass is 9.90. The van der Waals surface area contributed by atoms with Gasteiger partial charge < -0.3 is 20.2 Å². The largest absolute Gasteiger partial charge is 0.395 e. The number of hydrogen-bond acceptors (Lipinski definition) is 6. The third-order valence-electron chi connectivity index (χ3n) is 6.89. The number of nitrogens with one attached hydrogen (secondary N) is 1. The summed E-state index contributed by atoms with van der Waals surface area (Å²) < 4.78 is 0. The molecule has 0 amide bonds. The van der Waals surface area contributed by atoms with Gasteiger partial charge in [-0.3, -0.25) is 4.98 Å². The first-order valence-electron chi connectivity index (χ1n) is 12.4. The summed E-state index contributed by atoms with van der Waals surface area (Å²) in [6.07, 6.45) is 8.40. The number of aromatic nitrogens is 1. The third-order valence-corrected chi connectivity index (χ3v) is 6.89. The fourth-order valence-corrected chi connectivity index (χ4v) is 4.62. The number of nitriles is 1. The predicted octanol–water partition coefficient (Wildman–Crippen LogP) is 5.42. The van der Waals surface area contributed by atoms with Crippen LogP contribution in [0.25, 0.3) is 11.3 Å². The molecule has 2 aliphatic heterocycles. The molecule has 6 heteroatoms. The van der Waals surface area contributed by atoms with Gasteiger partial charge in [-0.2, -0.15) is 5.26 Å². The van der Waals surface area contributed by atoms with Crippen LogP contribution in [0.1, 0.15) is 49.1 Å². The van der Waals surface area contributed by atoms with Crippen molar-refractivity contribution in [3.05, 3.63) is 95.7 Å². The van der Waals surface area contributed by atoms with Gasteiger partial charge in [0.05, 0.1) is 35.2 Å². The lowest BCUT2D eigenvalue weighted by molar-refractivity contribution is 0.253. The van der Waals surface area contributed by atoms with E-state index in [-0.39, 0.29) is 6.61 Å². The van der Waals surface area contributed by atoms with Crippen molar-refractivity contribution in [2.45, 2.75) is 39.0 Å². The number of benzene rings is 1. The number of anilines is 1. The van der Waals surface area contributed by atoms with E-state index in [2.05, 4.69) is 70.7 Å². The average molecular weight is 482 g/mol. The molecular weight excluding hydrogens is 446 g/mol. The van der Waals surface area contributed by atoms with Crippen LogP contribution in [-0.4, -0.2) is 46.1 Å². The molecule has 1 aromatic carbocycles. The van der Waals surface area contributed by atoms with Gasteiger partial charge in [-0.25, -0.2) is 0 Å². The monoisotopic (exact) mass is 481 g/mol. The van der Waals surface area contributed by atoms with E-state index < -0.39 is 5.41 Å². The molecule has 0 spiro atoms. The van der Waals surface area contributed by atoms with Crippen molar-refractivity contribution < 1.29 is 5.11 Å². The Morgan fingerprint density at radius 2 is 1.97 bits per heavy atom. The van der Waals surface area contributed by atoms with Crippen LogP contribution in [0.15, 0.2) is 73.4 Å². The molecule has 3 heterocycles. The standard InChI is InChI=1S/C30H35N5O/c1-21-8-9-26(33-22(2)24-10-11-32-29(17-24)30(4,5)20-31)18-27(21)25-16-28(34-12-6-7-13-34)23(3)35(19-25)14-15-36/h8-11,16-19,33,36H,2-3,6-7,12-15H2,1,4-5H3. The average Bonchev–Trinajstić information content (AvgIpc) is 3.41. The van der Waals surface area contributed by atoms with Crippen molar-refractivity contribution >= 4 is 17.0 Å². The van der Waals surface area contributed by atoms with E-state index >= 15 is 0 Å². The first-order valence-corrected chi connectivity index (χ1v) is 12.4. The molecule has 1 aromatic heterocycles. The van der Waals surface area contributed by atoms with Gasteiger partial charge in [0.25, 0.3) is 0 Å². The molecule has 0 saturated carbocycles. The van der Waals surface area contributed by atoms with Gasteiger partial charge in [0, 0.05) is 54.6 Å². The molecule has 0 atom stereocenters. The maximum Gasteiger partial charge on any atom is 0.0937 e. The smallest absolute Gasteiger partial charge is 0.0937 e. The van der Waals surface area contributed by atoms with Crippen LogP contribution >= 0.6 is 0 Å². The molecule has 0 bridgehead atoms. The summed E-state index contributed by atoms with van der Waals surface area (Å²) in [6, 6.07) is 12.4. The fourth-order valence-electron chi connectivity index (χ4n) is 4.62. The highest BCUT2D eigenvalue weighted by atomic mass is 16.3. The Balaban J connectivity index is 1.64. The molecule has 1 fully saturated rings. The minimum Gasteiger partial charge on any atom is -0.395 e. The van der Waals surface area contributed by atoms with Crippen LogP contribution < -0.4 is 5.32 Å². The quantitative estimate of drug-likeness (QED) is 0.525. The number of rotatable bonds is 8. The van der Waals surface area contributed by atoms with Crippen molar-refractivity contribution in [2.75, 3.05) is 31.6 Å². The lowest BCUT2D eigenvalue weighted by Gasteiger charge is -2.34. The van der Waals surface area contributed by atoms with Gasteiger partial charge in [-0.05, 0) is 75.1 Å². The van der Waals surface area contributed by atoms with E-state index in [4.69, 9.17) is 0 Å². The third kappa shape index (κ3) is 5.22. The zero-order valence-corrected chi connectivity index (χ0v) is 21.5. The molecule has 4 rings (SSSR count). The molecular formula is C30H35N5O. The Bertz CT molecular complexity index is 1270. The number of β-amino-alcohol motifs (C(OH)–C–C–N with tert-alkyl or cyclic N) is 1. The van der Waals surface area contributed by atoms with Crippen molar-refractivity contribution in [3.8, 4) is 6.07 Å². The molecule has 2 aromatic rings. The van der Waals surface area contributed by atoms with Crippen LogP contribution in [0.2, 0.25) is 0 Å². The van der Waals surface area contributed by atoms with Gasteiger partial charge in [-0.1, -0.05) is 19.2 Å². The summed E-state index contributed by atoms with van der Waals surface area (Å²) in [5.41, 5.74) is 8.02. The summed E-state index contributed by atoms with van der Waals surface area (Å²) in [5, 5.41) is 22.6. The van der Waals surface area contributed by atoms with Gasteiger partial charge >= 0.3 is 0 Å². The zero-order valence-electron chi connectivity index (χ0n) is 21.5. The molecule has 2 N–H and O–H groups in total. The van der Waals surface area contributed by atoms with Crippen LogP contribution in [0.3, 0.4) is 0 Å². The lowest BCUT2D eigenvalue weighted by Crippen LogP contribution is -2.31. The highest BCUT2D eigenvalue weighted by Crippen LogP contribution is 2.34. The normalized spacial score (nSPS) is 15.9. The number of likely N-dealkylation sites (tertiary alicyclic amines) is 1. The van der Waals surface area contributed by atoms with Crippen LogP contribution in [0.4, 0.5) is 5.69 Å². The Kier molecular flexibility index (Phi) is 7.32. The second kappa shape index (κ2) is 10.4. The molecule has 0 radical (unpaired) electrons. The molecule has 1 saturated heterocycles. The van der Waals surface area contributed by atoms with Gasteiger partial charge in [0.1, 0.15) is 0 Å². The minimum atomic E-state index is -0.676. The highest BCUT2D eigenvalue weighted by molar-refractivity contribution is 5.83. The fraction of sp³-hybridized carbons (Fsp3) is 0.333. The topological polar surface area (TPSA) is 75.4 Å². The summed E-state index contributed by atoms with van der Waals surface area (Å²) in [5.74, 6) is 0. The number of aliphatic hydroxyl groups excluding tert-OH is 1. The van der Waals surface area contributed by atoms with E-state index in [0.717, 1.165) is 58.1 Å². The van der Waals surface area contributed by atoms with Gasteiger partial charge in [-0.15, -0.1) is 0 Å². The van der Waals surface area contributed by atoms with Crippen molar-refractivity contribution in [1.82, 2.24) is 14.8 Å². The van der Waals surface area contributed by atoms with E-state index in [0.29, 0.717) is 12.2 Å². The Labute approximate surface area is 214 Å². The number of nitrogens with zero attached hydrogens (tertiary/aromatic N) is 4. The van der Waals surface area contributed by atoms with Crippen molar-refractivity contribution in [3.63, 3.8) is 0 Å². The first kappa shape index (κ1) is 25.3. The Hall–Kier alpha value is -3.82. The zero-order chi connectivity index (χ0) is 25.9. The number of pyridine rings is 1. The Morgan fingerprint density at radius 3 is 2.67 bits per heavy atom. The summed E-state index contributed by atoms with van der Waals surface area (Å²) >= 11 is 0. The predicted molar refractivity (Wildman–Crippen MR) is 147 cm³/mol. The number of allylic oxidation sites excluding steroid dienone is 2. The Morgan fingerprint density at radius 1 is 1.22 bits per heavy atom. The van der Waals surface area contributed by atoms with Crippen LogP contribution in [0.5, 0.6) is 0 Å². The summed E-state index contributed by atoms with van der Waals surface area (Å²) in [6.45, 7) is 17.0. The number of hydrogen-bond donors (Lipinski definition) is 2. The van der Waals surface area contributed by atoms with E-state index in [1.165, 1.54) is 12.8 Å². The molecule has 186 valence electrons. The summed E-state index contributed by atoms with van der Waals surface area (Å²) in [4.78, 5) is 8.83. The summed E-state index contributed by atoms with van der Waals surface area (Å²) in [7, 11) is 0. The van der Waals surface area contributed by atoms with E-state index in [9.17, 15) is 10.4 Å². The SMILES string of the molecule is C=C(Nc1ccc(C)c(C2=CN(CCO)C(=C)C(N3CCCC3)=C2)c1)c1ccnc(C(C)(C)C#N)c1. The molecule has 0 unspecified atom stereocenters. The maximum absolute atomic E-state index is 9.65. The molecule has 2 aliphatic rings. The van der Waals surface area contributed by atoms with Crippen LogP contribution in [-0.2, 0) is 5.41 Å². The second-order valence-electron chi connectivity index (χ2n) is 9.97. The molecule has 36 heavy (non-hydrogen) atoms. The first-order chi connectivity index (χ1) is 17.2. The van der Waals surface area contributed by atoms with Crippen molar-refractivity contribution in [2.24, 2.45) is 0 Å².